The monoisotopic (exact) mass is 296 g/mol. The molecule has 0 bridgehead atoms. The van der Waals surface area contributed by atoms with Crippen LogP contribution in [0.2, 0.25) is 0 Å². The normalized spacial score (nSPS) is 20.8. The minimum Gasteiger partial charge on any atom is -0.497 e. The number of morpholine rings is 1. The molecule has 1 aliphatic rings. The van der Waals surface area contributed by atoms with E-state index in [-0.39, 0.29) is 11.4 Å². The molecular formula is C16H25FN2O2. The lowest BCUT2D eigenvalue weighted by Gasteiger charge is -2.46. The van der Waals surface area contributed by atoms with Crippen LogP contribution < -0.4 is 10.5 Å². The third kappa shape index (κ3) is 3.20. The summed E-state index contributed by atoms with van der Waals surface area (Å²) in [6, 6.07) is 4.48. The van der Waals surface area contributed by atoms with Crippen molar-refractivity contribution in [3.63, 3.8) is 0 Å². The van der Waals surface area contributed by atoms with Crippen LogP contribution in [0.1, 0.15) is 31.9 Å². The summed E-state index contributed by atoms with van der Waals surface area (Å²) in [4.78, 5) is 2.31. The minimum atomic E-state index is -0.397. The van der Waals surface area contributed by atoms with E-state index in [1.165, 1.54) is 13.2 Å². The molecule has 0 aliphatic carbocycles. The van der Waals surface area contributed by atoms with Crippen molar-refractivity contribution < 1.29 is 13.9 Å². The average molecular weight is 296 g/mol. The molecule has 2 unspecified atom stereocenters. The maximum absolute atomic E-state index is 14.3. The lowest BCUT2D eigenvalue weighted by Crippen LogP contribution is -2.56. The number of hydrogen-bond donors (Lipinski definition) is 1. The topological polar surface area (TPSA) is 47.7 Å². The van der Waals surface area contributed by atoms with Crippen molar-refractivity contribution in [2.45, 2.75) is 31.8 Å². The number of benzene rings is 1. The Bertz CT molecular complexity index is 477. The number of rotatable bonds is 5. The lowest BCUT2D eigenvalue weighted by atomic mass is 9.83. The summed E-state index contributed by atoms with van der Waals surface area (Å²) in [5, 5.41) is 0. The molecule has 4 nitrogen and oxygen atoms in total. The zero-order chi connectivity index (χ0) is 15.5. The van der Waals surface area contributed by atoms with E-state index in [4.69, 9.17) is 15.2 Å². The van der Waals surface area contributed by atoms with Crippen LogP contribution in [0, 0.1) is 5.82 Å². The Morgan fingerprint density at radius 1 is 1.43 bits per heavy atom. The fraction of sp³-hybridized carbons (Fsp3) is 0.625. The molecule has 1 aliphatic heterocycles. The highest BCUT2D eigenvalue weighted by atomic mass is 19.1. The first-order valence-corrected chi connectivity index (χ1v) is 7.44. The van der Waals surface area contributed by atoms with E-state index in [2.05, 4.69) is 18.7 Å². The van der Waals surface area contributed by atoms with E-state index < -0.39 is 6.04 Å². The number of methoxy groups -OCH3 is 1. The molecule has 1 aromatic rings. The van der Waals surface area contributed by atoms with Gasteiger partial charge in [0.15, 0.2) is 0 Å². The minimum absolute atomic E-state index is 0.292. The second kappa shape index (κ2) is 6.73. The van der Waals surface area contributed by atoms with Crippen molar-refractivity contribution in [2.75, 3.05) is 33.4 Å². The largest absolute Gasteiger partial charge is 0.497 e. The summed E-state index contributed by atoms with van der Waals surface area (Å²) < 4.78 is 24.8. The van der Waals surface area contributed by atoms with E-state index >= 15 is 0 Å². The molecular weight excluding hydrogens is 271 g/mol. The van der Waals surface area contributed by atoms with E-state index in [0.29, 0.717) is 24.5 Å². The van der Waals surface area contributed by atoms with Crippen LogP contribution in [0.3, 0.4) is 0 Å². The summed E-state index contributed by atoms with van der Waals surface area (Å²) in [5.74, 6) is 0.197. The number of ether oxygens (including phenoxy) is 2. The van der Waals surface area contributed by atoms with Gasteiger partial charge in [0.1, 0.15) is 11.6 Å². The van der Waals surface area contributed by atoms with E-state index in [9.17, 15) is 4.39 Å². The van der Waals surface area contributed by atoms with Crippen LogP contribution in [0.25, 0.3) is 0 Å². The number of halogens is 1. The van der Waals surface area contributed by atoms with Gasteiger partial charge in [0.25, 0.3) is 0 Å². The Morgan fingerprint density at radius 3 is 2.62 bits per heavy atom. The van der Waals surface area contributed by atoms with Gasteiger partial charge in [-0.05, 0) is 19.4 Å². The SMILES string of the molecule is CCC(C)(C(N)c1ccc(OC)cc1F)N1CCOCC1. The van der Waals surface area contributed by atoms with Crippen LogP contribution in [-0.2, 0) is 4.74 Å². The highest BCUT2D eigenvalue weighted by molar-refractivity contribution is 5.32. The average Bonchev–Trinajstić information content (AvgIpc) is 2.54. The molecule has 5 heteroatoms. The van der Waals surface area contributed by atoms with Gasteiger partial charge in [0, 0.05) is 30.3 Å². The van der Waals surface area contributed by atoms with E-state index in [0.717, 1.165) is 19.5 Å². The highest BCUT2D eigenvalue weighted by Gasteiger charge is 2.38. The zero-order valence-corrected chi connectivity index (χ0v) is 13.1. The molecule has 118 valence electrons. The van der Waals surface area contributed by atoms with Gasteiger partial charge in [-0.3, -0.25) is 4.90 Å². The quantitative estimate of drug-likeness (QED) is 0.906. The zero-order valence-electron chi connectivity index (χ0n) is 13.1. The second-order valence-electron chi connectivity index (χ2n) is 5.68. The Kier molecular flexibility index (Phi) is 5.19. The molecule has 21 heavy (non-hydrogen) atoms. The summed E-state index contributed by atoms with van der Waals surface area (Å²) in [6.07, 6.45) is 0.847. The van der Waals surface area contributed by atoms with Gasteiger partial charge in [-0.15, -0.1) is 0 Å². The maximum Gasteiger partial charge on any atom is 0.131 e. The molecule has 0 amide bonds. The van der Waals surface area contributed by atoms with Crippen molar-refractivity contribution in [1.29, 1.82) is 0 Å². The number of hydrogen-bond acceptors (Lipinski definition) is 4. The highest BCUT2D eigenvalue weighted by Crippen LogP contribution is 2.35. The molecule has 0 saturated carbocycles. The van der Waals surface area contributed by atoms with Crippen LogP contribution in [0.15, 0.2) is 18.2 Å². The van der Waals surface area contributed by atoms with Crippen LogP contribution >= 0.6 is 0 Å². The Balaban J connectivity index is 2.28. The predicted octanol–water partition coefficient (Wildman–Crippen LogP) is 2.34. The first kappa shape index (κ1) is 16.2. The molecule has 2 atom stereocenters. The van der Waals surface area contributed by atoms with Gasteiger partial charge < -0.3 is 15.2 Å². The van der Waals surface area contributed by atoms with E-state index in [1.807, 2.05) is 0 Å². The third-order valence-corrected chi connectivity index (χ3v) is 4.66. The van der Waals surface area contributed by atoms with Crippen LogP contribution in [-0.4, -0.2) is 43.9 Å². The molecule has 1 saturated heterocycles. The van der Waals surface area contributed by atoms with Gasteiger partial charge >= 0.3 is 0 Å². The summed E-state index contributed by atoms with van der Waals surface area (Å²) in [5.41, 5.74) is 6.69. The fourth-order valence-electron chi connectivity index (χ4n) is 2.94. The van der Waals surface area contributed by atoms with Gasteiger partial charge in [-0.25, -0.2) is 4.39 Å². The molecule has 0 aromatic heterocycles. The Labute approximate surface area is 126 Å². The van der Waals surface area contributed by atoms with Crippen LogP contribution in [0.5, 0.6) is 5.75 Å². The Hall–Kier alpha value is -1.17. The predicted molar refractivity (Wildman–Crippen MR) is 81.0 cm³/mol. The van der Waals surface area contributed by atoms with Gasteiger partial charge in [-0.1, -0.05) is 13.0 Å². The first-order chi connectivity index (χ1) is 10.0. The lowest BCUT2D eigenvalue weighted by molar-refractivity contribution is -0.0281. The summed E-state index contributed by atoms with van der Waals surface area (Å²) >= 11 is 0. The van der Waals surface area contributed by atoms with Crippen LogP contribution in [0.4, 0.5) is 4.39 Å². The van der Waals surface area contributed by atoms with Gasteiger partial charge in [0.2, 0.25) is 0 Å². The van der Waals surface area contributed by atoms with E-state index in [1.54, 1.807) is 12.1 Å². The first-order valence-electron chi connectivity index (χ1n) is 7.44. The molecule has 1 heterocycles. The smallest absolute Gasteiger partial charge is 0.131 e. The van der Waals surface area contributed by atoms with Crippen molar-refractivity contribution in [1.82, 2.24) is 4.90 Å². The summed E-state index contributed by atoms with van der Waals surface area (Å²) in [6.45, 7) is 7.26. The summed E-state index contributed by atoms with van der Waals surface area (Å²) in [7, 11) is 1.53. The Morgan fingerprint density at radius 2 is 2.10 bits per heavy atom. The molecule has 1 fully saturated rings. The second-order valence-corrected chi connectivity index (χ2v) is 5.68. The van der Waals surface area contributed by atoms with Crippen molar-refractivity contribution in [3.05, 3.63) is 29.6 Å². The van der Waals surface area contributed by atoms with Crippen molar-refractivity contribution in [3.8, 4) is 5.75 Å². The fourth-order valence-corrected chi connectivity index (χ4v) is 2.94. The third-order valence-electron chi connectivity index (χ3n) is 4.66. The number of nitrogens with zero attached hydrogens (tertiary/aromatic N) is 1. The maximum atomic E-state index is 14.3. The molecule has 2 rings (SSSR count). The van der Waals surface area contributed by atoms with Gasteiger partial charge in [0.05, 0.1) is 26.4 Å². The molecule has 2 N–H and O–H groups in total. The molecule has 0 spiro atoms. The van der Waals surface area contributed by atoms with Crippen molar-refractivity contribution >= 4 is 0 Å². The molecule has 0 radical (unpaired) electrons. The molecule has 1 aromatic carbocycles. The van der Waals surface area contributed by atoms with Crippen molar-refractivity contribution in [2.24, 2.45) is 5.73 Å². The number of nitrogens with two attached hydrogens (primary N) is 1. The standard InChI is InChI=1S/C16H25FN2O2/c1-4-16(2,19-7-9-21-10-8-19)15(18)13-6-5-12(20-3)11-14(13)17/h5-6,11,15H,4,7-10,18H2,1-3H3. The van der Waals surface area contributed by atoms with Gasteiger partial charge in [-0.2, -0.15) is 0 Å².